The van der Waals surface area contributed by atoms with E-state index in [0.29, 0.717) is 17.7 Å². The SMILES string of the molecule is COC(Cc1ccc(C(=O)CN)cc1N)OC. The maximum Gasteiger partial charge on any atom is 0.176 e. The number of anilines is 1. The molecule has 4 N–H and O–H groups in total. The molecular weight excluding hydrogens is 220 g/mol. The zero-order valence-electron chi connectivity index (χ0n) is 10.1. The summed E-state index contributed by atoms with van der Waals surface area (Å²) in [5, 5.41) is 0. The minimum Gasteiger partial charge on any atom is -0.398 e. The van der Waals surface area contributed by atoms with Gasteiger partial charge in [-0.25, -0.2) is 0 Å². The maximum absolute atomic E-state index is 11.4. The molecule has 0 aliphatic rings. The summed E-state index contributed by atoms with van der Waals surface area (Å²) in [5.41, 5.74) is 13.1. The number of ether oxygens (including phenoxy) is 2. The minimum atomic E-state index is -0.339. The monoisotopic (exact) mass is 238 g/mol. The van der Waals surface area contributed by atoms with Crippen LogP contribution in [0.3, 0.4) is 0 Å². The number of carbonyl (C=O) groups excluding carboxylic acids is 1. The number of hydrogen-bond acceptors (Lipinski definition) is 5. The first-order valence-electron chi connectivity index (χ1n) is 5.29. The van der Waals surface area contributed by atoms with Gasteiger partial charge in [-0.1, -0.05) is 12.1 Å². The highest BCUT2D eigenvalue weighted by Gasteiger charge is 2.11. The summed E-state index contributed by atoms with van der Waals surface area (Å²) in [6, 6.07) is 5.14. The quantitative estimate of drug-likeness (QED) is 0.430. The highest BCUT2D eigenvalue weighted by molar-refractivity contribution is 5.98. The van der Waals surface area contributed by atoms with E-state index < -0.39 is 0 Å². The van der Waals surface area contributed by atoms with Crippen molar-refractivity contribution in [2.24, 2.45) is 5.73 Å². The molecule has 94 valence electrons. The lowest BCUT2D eigenvalue weighted by molar-refractivity contribution is -0.100. The van der Waals surface area contributed by atoms with E-state index in [4.69, 9.17) is 20.9 Å². The Morgan fingerprint density at radius 1 is 1.35 bits per heavy atom. The second kappa shape index (κ2) is 6.34. The van der Waals surface area contributed by atoms with Crippen LogP contribution in [-0.4, -0.2) is 32.8 Å². The van der Waals surface area contributed by atoms with Gasteiger partial charge in [0, 0.05) is 31.9 Å². The summed E-state index contributed by atoms with van der Waals surface area (Å²) in [7, 11) is 3.13. The smallest absolute Gasteiger partial charge is 0.176 e. The average molecular weight is 238 g/mol. The van der Waals surface area contributed by atoms with E-state index in [0.717, 1.165) is 5.56 Å². The van der Waals surface area contributed by atoms with Crippen molar-refractivity contribution in [1.29, 1.82) is 0 Å². The molecular formula is C12H18N2O3. The Kier molecular flexibility index (Phi) is 5.09. The summed E-state index contributed by atoms with van der Waals surface area (Å²) in [4.78, 5) is 11.4. The van der Waals surface area contributed by atoms with Crippen molar-refractivity contribution in [2.75, 3.05) is 26.5 Å². The van der Waals surface area contributed by atoms with E-state index in [9.17, 15) is 4.79 Å². The molecule has 1 aromatic rings. The van der Waals surface area contributed by atoms with Gasteiger partial charge in [-0.2, -0.15) is 0 Å². The molecule has 0 amide bonds. The number of nitrogen functional groups attached to an aromatic ring is 1. The zero-order valence-corrected chi connectivity index (χ0v) is 10.1. The predicted molar refractivity (Wildman–Crippen MR) is 65.7 cm³/mol. The molecule has 0 heterocycles. The molecule has 0 aliphatic heterocycles. The van der Waals surface area contributed by atoms with Crippen LogP contribution >= 0.6 is 0 Å². The van der Waals surface area contributed by atoms with E-state index in [2.05, 4.69) is 0 Å². The highest BCUT2D eigenvalue weighted by atomic mass is 16.7. The van der Waals surface area contributed by atoms with Gasteiger partial charge in [0.2, 0.25) is 0 Å². The number of benzene rings is 1. The van der Waals surface area contributed by atoms with Crippen LogP contribution in [0, 0.1) is 0 Å². The van der Waals surface area contributed by atoms with E-state index in [1.54, 1.807) is 32.4 Å². The lowest BCUT2D eigenvalue weighted by atomic mass is 10.0. The molecule has 0 unspecified atom stereocenters. The van der Waals surface area contributed by atoms with Crippen molar-refractivity contribution >= 4 is 11.5 Å². The fraction of sp³-hybridized carbons (Fsp3) is 0.417. The molecule has 0 fully saturated rings. The molecule has 0 radical (unpaired) electrons. The lowest BCUT2D eigenvalue weighted by Crippen LogP contribution is -2.18. The van der Waals surface area contributed by atoms with Gasteiger partial charge >= 0.3 is 0 Å². The summed E-state index contributed by atoms with van der Waals surface area (Å²) in [6.45, 7) is -0.0163. The topological polar surface area (TPSA) is 87.6 Å². The molecule has 0 spiro atoms. The third kappa shape index (κ3) is 3.52. The Morgan fingerprint density at radius 3 is 2.47 bits per heavy atom. The summed E-state index contributed by atoms with van der Waals surface area (Å²) in [6.07, 6.45) is 0.198. The highest BCUT2D eigenvalue weighted by Crippen LogP contribution is 2.17. The van der Waals surface area contributed by atoms with Crippen LogP contribution < -0.4 is 11.5 Å². The van der Waals surface area contributed by atoms with Gasteiger partial charge < -0.3 is 20.9 Å². The third-order valence-electron chi connectivity index (χ3n) is 2.57. The van der Waals surface area contributed by atoms with E-state index >= 15 is 0 Å². The van der Waals surface area contributed by atoms with Crippen LogP contribution in [0.15, 0.2) is 18.2 Å². The molecule has 0 saturated heterocycles. The van der Waals surface area contributed by atoms with Crippen molar-refractivity contribution in [1.82, 2.24) is 0 Å². The average Bonchev–Trinajstić information content (AvgIpc) is 2.36. The second-order valence-corrected chi connectivity index (χ2v) is 3.65. The Labute approximate surface area is 101 Å². The van der Waals surface area contributed by atoms with Gasteiger partial charge in [0.25, 0.3) is 0 Å². The number of hydrogen-bond donors (Lipinski definition) is 2. The molecule has 0 bridgehead atoms. The van der Waals surface area contributed by atoms with Crippen molar-refractivity contribution in [3.63, 3.8) is 0 Å². The number of carbonyl (C=O) groups is 1. The van der Waals surface area contributed by atoms with Crippen LogP contribution in [0.5, 0.6) is 0 Å². The van der Waals surface area contributed by atoms with Gasteiger partial charge in [0.1, 0.15) is 0 Å². The van der Waals surface area contributed by atoms with Crippen LogP contribution in [-0.2, 0) is 15.9 Å². The lowest BCUT2D eigenvalue weighted by Gasteiger charge is -2.15. The normalized spacial score (nSPS) is 10.8. The first-order chi connectivity index (χ1) is 8.12. The number of ketones is 1. The summed E-state index contributed by atoms with van der Waals surface area (Å²) < 4.78 is 10.2. The molecule has 1 aromatic carbocycles. The summed E-state index contributed by atoms with van der Waals surface area (Å²) >= 11 is 0. The first kappa shape index (κ1) is 13.6. The molecule has 0 saturated carbocycles. The molecule has 5 heteroatoms. The van der Waals surface area contributed by atoms with Crippen LogP contribution in [0.25, 0.3) is 0 Å². The first-order valence-corrected chi connectivity index (χ1v) is 5.29. The Bertz CT molecular complexity index is 389. The van der Waals surface area contributed by atoms with Crippen molar-refractivity contribution in [3.05, 3.63) is 29.3 Å². The van der Waals surface area contributed by atoms with Crippen molar-refractivity contribution in [3.8, 4) is 0 Å². The van der Waals surface area contributed by atoms with Crippen LogP contribution in [0.1, 0.15) is 15.9 Å². The van der Waals surface area contributed by atoms with Crippen molar-refractivity contribution < 1.29 is 14.3 Å². The number of rotatable bonds is 6. The molecule has 1 rings (SSSR count). The number of nitrogens with two attached hydrogens (primary N) is 2. The molecule has 5 nitrogen and oxygen atoms in total. The van der Waals surface area contributed by atoms with Gasteiger partial charge in [-0.05, 0) is 11.6 Å². The Balaban J connectivity index is 2.86. The standard InChI is InChI=1S/C12H18N2O3/c1-16-12(17-2)6-8-3-4-9(5-10(8)14)11(15)7-13/h3-5,12H,6-7,13-14H2,1-2H3. The fourth-order valence-electron chi connectivity index (χ4n) is 1.51. The third-order valence-corrected chi connectivity index (χ3v) is 2.57. The van der Waals surface area contributed by atoms with Crippen molar-refractivity contribution in [2.45, 2.75) is 12.7 Å². The number of methoxy groups -OCH3 is 2. The fourth-order valence-corrected chi connectivity index (χ4v) is 1.51. The van der Waals surface area contributed by atoms with Gasteiger partial charge in [-0.15, -0.1) is 0 Å². The Morgan fingerprint density at radius 2 is 2.00 bits per heavy atom. The molecule has 17 heavy (non-hydrogen) atoms. The van der Waals surface area contributed by atoms with Gasteiger partial charge in [0.15, 0.2) is 12.1 Å². The van der Waals surface area contributed by atoms with Crippen LogP contribution in [0.4, 0.5) is 5.69 Å². The summed E-state index contributed by atoms with van der Waals surface area (Å²) in [5.74, 6) is -0.127. The zero-order chi connectivity index (χ0) is 12.8. The van der Waals surface area contributed by atoms with E-state index in [1.165, 1.54) is 0 Å². The number of Topliss-reactive ketones (excluding diaryl/α,β-unsaturated/α-hetero) is 1. The van der Waals surface area contributed by atoms with E-state index in [1.807, 2.05) is 0 Å². The Hall–Kier alpha value is -1.43. The van der Waals surface area contributed by atoms with E-state index in [-0.39, 0.29) is 18.6 Å². The predicted octanol–water partition coefficient (Wildman–Crippen LogP) is 0.572. The van der Waals surface area contributed by atoms with Gasteiger partial charge in [0.05, 0.1) is 6.54 Å². The van der Waals surface area contributed by atoms with Gasteiger partial charge in [-0.3, -0.25) is 4.79 Å². The molecule has 0 aliphatic carbocycles. The van der Waals surface area contributed by atoms with Crippen LogP contribution in [0.2, 0.25) is 0 Å². The minimum absolute atomic E-state index is 0.0163. The molecule has 0 aromatic heterocycles. The largest absolute Gasteiger partial charge is 0.398 e. The second-order valence-electron chi connectivity index (χ2n) is 3.65. The maximum atomic E-state index is 11.4. The molecule has 0 atom stereocenters.